The Morgan fingerprint density at radius 1 is 0.844 bits per heavy atom. The van der Waals surface area contributed by atoms with Crippen LogP contribution in [-0.4, -0.2) is 55.3 Å². The largest absolute Gasteiger partial charge is 0.507 e. The number of nitrogens with zero attached hydrogens (tertiary/aromatic N) is 2. The SMILES string of the molecule is O=C(c1ccc(O)c(-c2ccccc2)c1)N1CCN(c2cccc3c2OCCO3)CC1.[Ac]. The molecule has 1 amide bonds. The molecule has 2 heterocycles. The Hall–Kier alpha value is -2.23. The van der Waals surface area contributed by atoms with Gasteiger partial charge in [-0.1, -0.05) is 36.4 Å². The van der Waals surface area contributed by atoms with Gasteiger partial charge in [0.25, 0.3) is 5.91 Å². The van der Waals surface area contributed by atoms with E-state index in [0.717, 1.165) is 35.8 Å². The molecule has 3 aromatic carbocycles. The zero-order valence-corrected chi connectivity index (χ0v) is 22.5. The van der Waals surface area contributed by atoms with Crippen molar-refractivity contribution in [3.63, 3.8) is 0 Å². The van der Waals surface area contributed by atoms with Crippen LogP contribution in [0.25, 0.3) is 11.1 Å². The van der Waals surface area contributed by atoms with Crippen molar-refractivity contribution in [2.24, 2.45) is 0 Å². The number of hydrogen-bond donors (Lipinski definition) is 1. The molecule has 0 unspecified atom stereocenters. The molecule has 2 aliphatic rings. The Bertz CT molecular complexity index is 1100. The number of anilines is 1. The predicted molar refractivity (Wildman–Crippen MR) is 119 cm³/mol. The van der Waals surface area contributed by atoms with Crippen molar-refractivity contribution in [1.82, 2.24) is 4.90 Å². The van der Waals surface area contributed by atoms with Gasteiger partial charge in [0.1, 0.15) is 19.0 Å². The number of benzene rings is 3. The third-order valence-corrected chi connectivity index (χ3v) is 5.78. The molecule has 32 heavy (non-hydrogen) atoms. The summed E-state index contributed by atoms with van der Waals surface area (Å²) in [6.07, 6.45) is 0. The number of fused-ring (bicyclic) bond motifs is 1. The normalized spacial score (nSPS) is 15.1. The minimum atomic E-state index is -0.0218. The molecule has 0 spiro atoms. The first-order valence-corrected chi connectivity index (χ1v) is 10.5. The molecule has 1 fully saturated rings. The number of hydrogen-bond acceptors (Lipinski definition) is 5. The summed E-state index contributed by atoms with van der Waals surface area (Å²) in [6.45, 7) is 3.78. The zero-order valence-electron chi connectivity index (χ0n) is 17.7. The topological polar surface area (TPSA) is 62.2 Å². The van der Waals surface area contributed by atoms with Crippen LogP contribution in [-0.2, 0) is 0 Å². The van der Waals surface area contributed by atoms with E-state index in [1.54, 1.807) is 18.2 Å². The van der Waals surface area contributed by atoms with Crippen LogP contribution in [0.5, 0.6) is 17.2 Å². The van der Waals surface area contributed by atoms with Crippen molar-refractivity contribution in [1.29, 1.82) is 0 Å². The average Bonchev–Trinajstić information content (AvgIpc) is 2.84. The molecule has 1 radical (unpaired) electrons. The number of phenols is 1. The minimum Gasteiger partial charge on any atom is -0.507 e. The molecule has 2 aliphatic heterocycles. The number of phenolic OH excluding ortho intramolecular Hbond substituents is 1. The molecular formula is C25H24AcN2O4. The second-order valence-electron chi connectivity index (χ2n) is 7.68. The fourth-order valence-electron chi connectivity index (χ4n) is 4.16. The predicted octanol–water partition coefficient (Wildman–Crippen LogP) is 3.79. The maximum Gasteiger partial charge on any atom is 0.254 e. The van der Waals surface area contributed by atoms with E-state index in [9.17, 15) is 9.90 Å². The van der Waals surface area contributed by atoms with E-state index in [1.165, 1.54) is 0 Å². The van der Waals surface area contributed by atoms with Crippen LogP contribution in [0.1, 0.15) is 10.4 Å². The summed E-state index contributed by atoms with van der Waals surface area (Å²) >= 11 is 0. The number of carbonyl (C=O) groups is 1. The number of para-hydroxylation sites is 1. The molecule has 0 bridgehead atoms. The van der Waals surface area contributed by atoms with Crippen molar-refractivity contribution in [2.75, 3.05) is 44.3 Å². The Kier molecular flexibility index (Phi) is 7.27. The first kappa shape index (κ1) is 22.9. The van der Waals surface area contributed by atoms with Gasteiger partial charge < -0.3 is 24.4 Å². The zero-order chi connectivity index (χ0) is 21.2. The van der Waals surface area contributed by atoms with Gasteiger partial charge in [0.2, 0.25) is 0 Å². The van der Waals surface area contributed by atoms with E-state index in [2.05, 4.69) is 4.90 Å². The molecule has 3 aromatic rings. The average molecular weight is 643 g/mol. The van der Waals surface area contributed by atoms with Gasteiger partial charge in [-0.3, -0.25) is 4.79 Å². The summed E-state index contributed by atoms with van der Waals surface area (Å²) in [5.74, 6) is 1.72. The van der Waals surface area contributed by atoms with Crippen LogP contribution in [0, 0.1) is 44.1 Å². The van der Waals surface area contributed by atoms with Crippen molar-refractivity contribution in [3.8, 4) is 28.4 Å². The molecule has 0 atom stereocenters. The van der Waals surface area contributed by atoms with E-state index < -0.39 is 0 Å². The first-order chi connectivity index (χ1) is 15.2. The summed E-state index contributed by atoms with van der Waals surface area (Å²) < 4.78 is 11.5. The standard InChI is InChI=1S/C25H24N2O4.Ac/c28-22-10-9-19(17-20(22)18-5-2-1-3-6-18)25(29)27-13-11-26(12-14-27)21-7-4-8-23-24(21)31-16-15-30-23;/h1-10,17,28H,11-16H2;. The number of aromatic hydroxyl groups is 1. The molecular weight excluding hydrogens is 619 g/mol. The Morgan fingerprint density at radius 2 is 1.59 bits per heavy atom. The van der Waals surface area contributed by atoms with Gasteiger partial charge >= 0.3 is 0 Å². The summed E-state index contributed by atoms with van der Waals surface area (Å²) in [5, 5.41) is 10.3. The Balaban J connectivity index is 0.00000245. The van der Waals surface area contributed by atoms with E-state index >= 15 is 0 Å². The van der Waals surface area contributed by atoms with Crippen LogP contribution < -0.4 is 14.4 Å². The summed E-state index contributed by atoms with van der Waals surface area (Å²) in [5.41, 5.74) is 3.15. The molecule has 7 heteroatoms. The van der Waals surface area contributed by atoms with Crippen LogP contribution in [0.15, 0.2) is 66.7 Å². The smallest absolute Gasteiger partial charge is 0.254 e. The summed E-state index contributed by atoms with van der Waals surface area (Å²) in [6, 6.07) is 20.6. The maximum absolute atomic E-state index is 13.2. The van der Waals surface area contributed by atoms with Gasteiger partial charge in [-0.05, 0) is 35.9 Å². The van der Waals surface area contributed by atoms with E-state index in [0.29, 0.717) is 37.4 Å². The van der Waals surface area contributed by atoms with Crippen molar-refractivity contribution in [2.45, 2.75) is 0 Å². The molecule has 0 aromatic heterocycles. The molecule has 0 saturated carbocycles. The van der Waals surface area contributed by atoms with Gasteiger partial charge in [0.15, 0.2) is 11.5 Å². The van der Waals surface area contributed by atoms with Crippen LogP contribution in [0.2, 0.25) is 0 Å². The number of piperazine rings is 1. The molecule has 5 rings (SSSR count). The minimum absolute atomic E-state index is 0. The Morgan fingerprint density at radius 3 is 2.38 bits per heavy atom. The summed E-state index contributed by atoms with van der Waals surface area (Å²) in [4.78, 5) is 17.3. The fraction of sp³-hybridized carbons (Fsp3) is 0.240. The monoisotopic (exact) mass is 643 g/mol. The van der Waals surface area contributed by atoms with Gasteiger partial charge in [0, 0.05) is 81.4 Å². The quantitative estimate of drug-likeness (QED) is 0.471. The number of amides is 1. The van der Waals surface area contributed by atoms with Crippen molar-refractivity contribution >= 4 is 11.6 Å². The molecule has 0 aliphatic carbocycles. The number of ether oxygens (including phenoxy) is 2. The molecule has 6 nitrogen and oxygen atoms in total. The van der Waals surface area contributed by atoms with Gasteiger partial charge in [0.05, 0.1) is 5.69 Å². The third-order valence-electron chi connectivity index (χ3n) is 5.78. The van der Waals surface area contributed by atoms with Crippen LogP contribution in [0.4, 0.5) is 5.69 Å². The maximum atomic E-state index is 13.2. The second-order valence-corrected chi connectivity index (χ2v) is 7.68. The fourth-order valence-corrected chi connectivity index (χ4v) is 4.16. The van der Waals surface area contributed by atoms with E-state index in [4.69, 9.17) is 9.47 Å². The van der Waals surface area contributed by atoms with Crippen LogP contribution in [0.3, 0.4) is 0 Å². The molecule has 161 valence electrons. The van der Waals surface area contributed by atoms with Crippen molar-refractivity contribution < 1.29 is 63.4 Å². The molecule has 1 saturated heterocycles. The van der Waals surface area contributed by atoms with Gasteiger partial charge in [-0.2, -0.15) is 0 Å². The third kappa shape index (κ3) is 4.60. The second kappa shape index (κ2) is 10.1. The van der Waals surface area contributed by atoms with E-state index in [1.807, 2.05) is 53.4 Å². The van der Waals surface area contributed by atoms with Gasteiger partial charge in [-0.25, -0.2) is 0 Å². The first-order valence-electron chi connectivity index (χ1n) is 10.5. The Labute approximate surface area is 223 Å². The van der Waals surface area contributed by atoms with Gasteiger partial charge in [-0.15, -0.1) is 0 Å². The summed E-state index contributed by atoms with van der Waals surface area (Å²) in [7, 11) is 0. The van der Waals surface area contributed by atoms with E-state index in [-0.39, 0.29) is 55.7 Å². The molecule has 1 N–H and O–H groups in total. The van der Waals surface area contributed by atoms with Crippen molar-refractivity contribution in [3.05, 3.63) is 72.3 Å². The van der Waals surface area contributed by atoms with Crippen LogP contribution >= 0.6 is 0 Å². The number of rotatable bonds is 3. The number of carbonyl (C=O) groups excluding carboxylic acids is 1.